The topological polar surface area (TPSA) is 112 Å². The highest BCUT2D eigenvalue weighted by Crippen LogP contribution is 2.33. The first-order chi connectivity index (χ1) is 15.0. The molecule has 1 aliphatic carbocycles. The Morgan fingerprint density at radius 2 is 1.74 bits per heavy atom. The fraction of sp³-hybridized carbons (Fsp3) is 0.348. The van der Waals surface area contributed by atoms with Crippen molar-refractivity contribution in [1.82, 2.24) is 24.4 Å². The van der Waals surface area contributed by atoms with Gasteiger partial charge < -0.3 is 16.8 Å². The average Bonchev–Trinajstić information content (AvgIpc) is 3.32. The molecule has 0 spiro atoms. The van der Waals surface area contributed by atoms with Gasteiger partial charge in [0, 0.05) is 29.4 Å². The van der Waals surface area contributed by atoms with Crippen molar-refractivity contribution in [3.05, 3.63) is 59.7 Å². The maximum Gasteiger partial charge on any atom is 0.177 e. The molecule has 1 aromatic carbocycles. The Morgan fingerprint density at radius 1 is 1.00 bits per heavy atom. The number of aryl methyl sites for hydroxylation is 2. The van der Waals surface area contributed by atoms with E-state index < -0.39 is 0 Å². The smallest absolute Gasteiger partial charge is 0.177 e. The Bertz CT molecular complexity index is 1210. The van der Waals surface area contributed by atoms with Gasteiger partial charge in [0.05, 0.1) is 29.0 Å². The number of nitrogens with one attached hydrogen (secondary N) is 1. The molecule has 5 N–H and O–H groups in total. The van der Waals surface area contributed by atoms with Crippen molar-refractivity contribution < 1.29 is 0 Å². The van der Waals surface area contributed by atoms with Crippen LogP contribution in [0, 0.1) is 13.8 Å². The van der Waals surface area contributed by atoms with Crippen molar-refractivity contribution in [2.24, 2.45) is 5.73 Å². The molecule has 1 fully saturated rings. The van der Waals surface area contributed by atoms with E-state index in [1.54, 1.807) is 4.52 Å². The van der Waals surface area contributed by atoms with Gasteiger partial charge in [-0.25, -0.2) is 14.2 Å². The lowest BCUT2D eigenvalue weighted by Gasteiger charge is -2.24. The molecule has 3 heterocycles. The molecule has 160 valence electrons. The first-order valence-corrected chi connectivity index (χ1v) is 10.8. The summed E-state index contributed by atoms with van der Waals surface area (Å²) in [5, 5.41) is 12.4. The van der Waals surface area contributed by atoms with Crippen molar-refractivity contribution in [2.45, 2.75) is 51.5 Å². The van der Waals surface area contributed by atoms with Crippen molar-refractivity contribution in [3.63, 3.8) is 0 Å². The number of hydrogen-bond donors (Lipinski definition) is 3. The molecular weight excluding hydrogens is 388 g/mol. The molecular formula is C23H28N8. The summed E-state index contributed by atoms with van der Waals surface area (Å²) < 4.78 is 3.73. The van der Waals surface area contributed by atoms with Crippen LogP contribution in [0.2, 0.25) is 0 Å². The quantitative estimate of drug-likeness (QED) is 0.466. The van der Waals surface area contributed by atoms with Crippen LogP contribution < -0.4 is 16.8 Å². The summed E-state index contributed by atoms with van der Waals surface area (Å²) in [7, 11) is 0. The number of nitrogen functional groups attached to an aromatic ring is 1. The number of nitrogens with zero attached hydrogens (tertiary/aromatic N) is 5. The van der Waals surface area contributed by atoms with E-state index in [1.165, 1.54) is 0 Å². The third-order valence-electron chi connectivity index (χ3n) is 6.05. The summed E-state index contributed by atoms with van der Waals surface area (Å²) in [5.74, 6) is 0.875. The van der Waals surface area contributed by atoms with Crippen LogP contribution in [0.4, 0.5) is 17.2 Å². The Morgan fingerprint density at radius 3 is 2.42 bits per heavy atom. The molecule has 1 saturated carbocycles. The molecule has 0 saturated heterocycles. The molecule has 31 heavy (non-hydrogen) atoms. The van der Waals surface area contributed by atoms with Crippen molar-refractivity contribution >= 4 is 22.8 Å². The summed E-state index contributed by atoms with van der Waals surface area (Å²) in [6.07, 6.45) is 6.22. The maximum absolute atomic E-state index is 6.08. The molecule has 0 amide bonds. The number of imidazole rings is 1. The lowest BCUT2D eigenvalue weighted by Crippen LogP contribution is -2.25. The van der Waals surface area contributed by atoms with Gasteiger partial charge in [0.15, 0.2) is 5.65 Å². The number of fused-ring (bicyclic) bond motifs is 1. The highest BCUT2D eigenvalue weighted by atomic mass is 15.3. The largest absolute Gasteiger partial charge is 0.382 e. The molecule has 8 nitrogen and oxygen atoms in total. The van der Waals surface area contributed by atoms with Crippen LogP contribution in [0.1, 0.15) is 48.7 Å². The Labute approximate surface area is 181 Å². The van der Waals surface area contributed by atoms with Crippen LogP contribution in [0.15, 0.2) is 42.6 Å². The summed E-state index contributed by atoms with van der Waals surface area (Å²) in [6.45, 7) is 4.05. The zero-order chi connectivity index (χ0) is 21.5. The van der Waals surface area contributed by atoms with Crippen molar-refractivity contribution in [2.75, 3.05) is 11.1 Å². The fourth-order valence-electron chi connectivity index (χ4n) is 4.45. The molecule has 0 atom stereocenters. The van der Waals surface area contributed by atoms with Crippen LogP contribution in [0.5, 0.6) is 0 Å². The number of nitrogens with two attached hydrogens (primary N) is 2. The van der Waals surface area contributed by atoms with Gasteiger partial charge in [0.25, 0.3) is 0 Å². The van der Waals surface area contributed by atoms with Crippen molar-refractivity contribution in [1.29, 1.82) is 0 Å². The molecule has 8 heteroatoms. The molecule has 0 bridgehead atoms. The number of anilines is 3. The van der Waals surface area contributed by atoms with E-state index in [9.17, 15) is 0 Å². The van der Waals surface area contributed by atoms with Gasteiger partial charge in [-0.1, -0.05) is 0 Å². The zero-order valence-corrected chi connectivity index (χ0v) is 17.9. The van der Waals surface area contributed by atoms with Crippen LogP contribution in [-0.2, 0) is 0 Å². The first-order valence-electron chi connectivity index (χ1n) is 10.8. The minimum absolute atomic E-state index is 0.316. The van der Waals surface area contributed by atoms with E-state index in [4.69, 9.17) is 16.5 Å². The SMILES string of the molecule is Cc1cc(C)n(-c2ccc(Nc3cc(N)nn4cc([C@H]5CC[C@H](N)CC5)nc34)cc2)n1. The molecule has 3 aromatic heterocycles. The maximum atomic E-state index is 6.08. The second kappa shape index (κ2) is 7.70. The van der Waals surface area contributed by atoms with Gasteiger partial charge in [-0.15, -0.1) is 5.10 Å². The molecule has 5 rings (SSSR count). The minimum Gasteiger partial charge on any atom is -0.382 e. The second-order valence-electron chi connectivity index (χ2n) is 8.54. The summed E-state index contributed by atoms with van der Waals surface area (Å²) in [6, 6.07) is 12.4. The van der Waals surface area contributed by atoms with Crippen LogP contribution in [0.25, 0.3) is 11.3 Å². The monoisotopic (exact) mass is 416 g/mol. The number of rotatable bonds is 4. The number of aromatic nitrogens is 5. The summed E-state index contributed by atoms with van der Waals surface area (Å²) >= 11 is 0. The third-order valence-corrected chi connectivity index (χ3v) is 6.05. The molecule has 0 aliphatic heterocycles. The minimum atomic E-state index is 0.316. The van der Waals surface area contributed by atoms with Gasteiger partial charge >= 0.3 is 0 Å². The van der Waals surface area contributed by atoms with Crippen molar-refractivity contribution in [3.8, 4) is 5.69 Å². The van der Waals surface area contributed by atoms with E-state index in [2.05, 4.69) is 28.5 Å². The van der Waals surface area contributed by atoms with E-state index >= 15 is 0 Å². The molecule has 1 aliphatic rings. The van der Waals surface area contributed by atoms with Gasteiger partial charge in [-0.2, -0.15) is 5.10 Å². The van der Waals surface area contributed by atoms with Crippen LogP contribution in [0.3, 0.4) is 0 Å². The third kappa shape index (κ3) is 3.86. The fourth-order valence-corrected chi connectivity index (χ4v) is 4.45. The Kier molecular flexibility index (Phi) is 4.86. The molecule has 0 unspecified atom stereocenters. The van der Waals surface area contributed by atoms with E-state index in [0.29, 0.717) is 17.8 Å². The normalized spacial score (nSPS) is 19.1. The van der Waals surface area contributed by atoms with E-state index in [0.717, 1.165) is 65.5 Å². The Hall–Kier alpha value is -3.39. The van der Waals surface area contributed by atoms with E-state index in [1.807, 2.05) is 48.1 Å². The number of benzene rings is 1. The van der Waals surface area contributed by atoms with Gasteiger partial charge in [-0.3, -0.25) is 0 Å². The Balaban J connectivity index is 1.42. The van der Waals surface area contributed by atoms with Crippen LogP contribution >= 0.6 is 0 Å². The van der Waals surface area contributed by atoms with E-state index in [-0.39, 0.29) is 0 Å². The predicted octanol–water partition coefficient (Wildman–Crippen LogP) is 3.84. The lowest BCUT2D eigenvalue weighted by molar-refractivity contribution is 0.391. The number of hydrogen-bond acceptors (Lipinski definition) is 6. The lowest BCUT2D eigenvalue weighted by atomic mass is 9.85. The molecule has 0 radical (unpaired) electrons. The highest BCUT2D eigenvalue weighted by molar-refractivity contribution is 5.76. The van der Waals surface area contributed by atoms with Gasteiger partial charge in [0.1, 0.15) is 5.82 Å². The molecule has 4 aromatic rings. The average molecular weight is 417 g/mol. The highest BCUT2D eigenvalue weighted by Gasteiger charge is 2.23. The first kappa shape index (κ1) is 19.6. The summed E-state index contributed by atoms with van der Waals surface area (Å²) in [4.78, 5) is 4.91. The zero-order valence-electron chi connectivity index (χ0n) is 17.9. The summed E-state index contributed by atoms with van der Waals surface area (Å²) in [5.41, 5.74) is 18.9. The second-order valence-corrected chi connectivity index (χ2v) is 8.54. The van der Waals surface area contributed by atoms with Crippen LogP contribution in [-0.4, -0.2) is 30.4 Å². The van der Waals surface area contributed by atoms with Gasteiger partial charge in [-0.05, 0) is 69.9 Å². The standard InChI is InChI=1S/C23H28N8/c1-14-11-15(2)31(28-14)19-9-7-18(8-10-19)26-20-12-22(25)29-30-13-21(27-23(20)30)16-3-5-17(24)6-4-16/h7-13,16-17,26H,3-6,24H2,1-2H3,(H2,25,29)/t16-,17-. The van der Waals surface area contributed by atoms with Gasteiger partial charge in [0.2, 0.25) is 0 Å². The predicted molar refractivity (Wildman–Crippen MR) is 123 cm³/mol.